The average Bonchev–Trinajstić information content (AvgIpc) is 2.79. The number of benzene rings is 1. The molecule has 1 N–H and O–H groups in total. The van der Waals surface area contributed by atoms with Crippen molar-refractivity contribution in [2.75, 3.05) is 6.54 Å². The third-order valence-electron chi connectivity index (χ3n) is 3.61. The van der Waals surface area contributed by atoms with Crippen molar-refractivity contribution in [2.45, 2.75) is 25.8 Å². The van der Waals surface area contributed by atoms with E-state index in [1.54, 1.807) is 0 Å². The number of nitrogens with zero attached hydrogens (tertiary/aromatic N) is 1. The van der Waals surface area contributed by atoms with Crippen molar-refractivity contribution in [3.05, 3.63) is 35.4 Å². The second-order valence-electron chi connectivity index (χ2n) is 5.16. The molecule has 4 heteroatoms. The zero-order valence-electron chi connectivity index (χ0n) is 11.4. The zero-order valence-corrected chi connectivity index (χ0v) is 11.4. The number of terminal acetylenes is 1. The highest BCUT2D eigenvalue weighted by molar-refractivity contribution is 5.85. The average molecular weight is 271 g/mol. The SMILES string of the molecule is C#CC1CC(=O)N([C@@H](Cc2ccc(C)cc2)C(=O)O)C1. The van der Waals surface area contributed by atoms with E-state index in [-0.39, 0.29) is 18.2 Å². The standard InChI is InChI=1S/C16H17NO3/c1-3-12-9-15(18)17(10-12)14(16(19)20)8-13-6-4-11(2)5-7-13/h1,4-7,12,14H,8-10H2,2H3,(H,19,20)/t12?,14-/m0/s1. The van der Waals surface area contributed by atoms with E-state index in [9.17, 15) is 14.7 Å². The summed E-state index contributed by atoms with van der Waals surface area (Å²) in [6, 6.07) is 6.81. The van der Waals surface area contributed by atoms with E-state index in [1.165, 1.54) is 4.90 Å². The Kier molecular flexibility index (Phi) is 4.09. The van der Waals surface area contributed by atoms with Gasteiger partial charge < -0.3 is 10.0 Å². The smallest absolute Gasteiger partial charge is 0.326 e. The second kappa shape index (κ2) is 5.79. The van der Waals surface area contributed by atoms with E-state index in [0.29, 0.717) is 13.0 Å². The van der Waals surface area contributed by atoms with Gasteiger partial charge in [0.15, 0.2) is 0 Å². The van der Waals surface area contributed by atoms with E-state index < -0.39 is 12.0 Å². The highest BCUT2D eigenvalue weighted by Crippen LogP contribution is 2.22. The largest absolute Gasteiger partial charge is 0.480 e. The van der Waals surface area contributed by atoms with Crippen molar-refractivity contribution in [3.8, 4) is 12.3 Å². The van der Waals surface area contributed by atoms with Crippen molar-refractivity contribution in [3.63, 3.8) is 0 Å². The lowest BCUT2D eigenvalue weighted by molar-refractivity contribution is -0.148. The molecule has 104 valence electrons. The predicted molar refractivity (Wildman–Crippen MR) is 75.0 cm³/mol. The Balaban J connectivity index is 2.16. The molecule has 1 amide bonds. The molecule has 1 aliphatic rings. The van der Waals surface area contributed by atoms with Gasteiger partial charge in [0, 0.05) is 25.3 Å². The van der Waals surface area contributed by atoms with Gasteiger partial charge in [-0.15, -0.1) is 12.3 Å². The molecular weight excluding hydrogens is 254 g/mol. The van der Waals surface area contributed by atoms with E-state index in [2.05, 4.69) is 5.92 Å². The number of amides is 1. The van der Waals surface area contributed by atoms with Crippen LogP contribution >= 0.6 is 0 Å². The van der Waals surface area contributed by atoms with Crippen LogP contribution in [-0.2, 0) is 16.0 Å². The Morgan fingerprint density at radius 2 is 2.15 bits per heavy atom. The Bertz CT molecular complexity index is 556. The summed E-state index contributed by atoms with van der Waals surface area (Å²) in [7, 11) is 0. The normalized spacial score (nSPS) is 19.7. The van der Waals surface area contributed by atoms with Gasteiger partial charge in [-0.25, -0.2) is 4.79 Å². The summed E-state index contributed by atoms with van der Waals surface area (Å²) in [4.78, 5) is 24.7. The molecule has 0 bridgehead atoms. The first-order valence-electron chi connectivity index (χ1n) is 6.55. The van der Waals surface area contributed by atoms with E-state index >= 15 is 0 Å². The number of carbonyl (C=O) groups excluding carboxylic acids is 1. The third kappa shape index (κ3) is 3.00. The molecule has 1 heterocycles. The molecule has 0 saturated carbocycles. The fourth-order valence-electron chi connectivity index (χ4n) is 2.42. The molecular formula is C16H17NO3. The van der Waals surface area contributed by atoms with Crippen molar-refractivity contribution in [1.82, 2.24) is 4.90 Å². The quantitative estimate of drug-likeness (QED) is 0.844. The van der Waals surface area contributed by atoms with Crippen molar-refractivity contribution >= 4 is 11.9 Å². The molecule has 0 aromatic heterocycles. The maximum absolute atomic E-state index is 11.9. The summed E-state index contributed by atoms with van der Waals surface area (Å²) < 4.78 is 0. The Morgan fingerprint density at radius 3 is 2.65 bits per heavy atom. The molecule has 0 spiro atoms. The predicted octanol–water partition coefficient (Wildman–Crippen LogP) is 1.47. The number of likely N-dealkylation sites (tertiary alicyclic amines) is 1. The number of aryl methyl sites for hydroxylation is 1. The second-order valence-corrected chi connectivity index (χ2v) is 5.16. The molecule has 0 radical (unpaired) electrons. The van der Waals surface area contributed by atoms with Gasteiger partial charge in [0.25, 0.3) is 0 Å². The van der Waals surface area contributed by atoms with Gasteiger partial charge in [0.1, 0.15) is 6.04 Å². The van der Waals surface area contributed by atoms with Crippen LogP contribution in [0, 0.1) is 25.2 Å². The summed E-state index contributed by atoms with van der Waals surface area (Å²) >= 11 is 0. The van der Waals surface area contributed by atoms with Gasteiger partial charge in [-0.05, 0) is 12.5 Å². The number of rotatable bonds is 4. The number of carboxylic acid groups (broad SMARTS) is 1. The minimum absolute atomic E-state index is 0.174. The Labute approximate surface area is 118 Å². The Hall–Kier alpha value is -2.28. The number of hydrogen-bond acceptors (Lipinski definition) is 2. The van der Waals surface area contributed by atoms with Crippen LogP contribution in [-0.4, -0.2) is 34.5 Å². The van der Waals surface area contributed by atoms with Crippen molar-refractivity contribution in [2.24, 2.45) is 5.92 Å². The van der Waals surface area contributed by atoms with Crippen LogP contribution in [0.15, 0.2) is 24.3 Å². The van der Waals surface area contributed by atoms with E-state index in [0.717, 1.165) is 11.1 Å². The first-order chi connectivity index (χ1) is 9.51. The highest BCUT2D eigenvalue weighted by Gasteiger charge is 2.36. The fraction of sp³-hybridized carbons (Fsp3) is 0.375. The summed E-state index contributed by atoms with van der Waals surface area (Å²) in [5, 5.41) is 9.38. The lowest BCUT2D eigenvalue weighted by Crippen LogP contribution is -2.43. The number of aliphatic carboxylic acids is 1. The number of carbonyl (C=O) groups is 2. The topological polar surface area (TPSA) is 57.6 Å². The molecule has 4 nitrogen and oxygen atoms in total. The first kappa shape index (κ1) is 14.1. The molecule has 20 heavy (non-hydrogen) atoms. The fourth-order valence-corrected chi connectivity index (χ4v) is 2.42. The summed E-state index contributed by atoms with van der Waals surface area (Å²) in [6.45, 7) is 2.30. The van der Waals surface area contributed by atoms with Crippen LogP contribution < -0.4 is 0 Å². The monoisotopic (exact) mass is 271 g/mol. The van der Waals surface area contributed by atoms with E-state index in [1.807, 2.05) is 31.2 Å². The van der Waals surface area contributed by atoms with Crippen LogP contribution in [0.4, 0.5) is 0 Å². The van der Waals surface area contributed by atoms with Crippen LogP contribution in [0.3, 0.4) is 0 Å². The lowest BCUT2D eigenvalue weighted by atomic mass is 10.0. The minimum Gasteiger partial charge on any atom is -0.480 e. The van der Waals surface area contributed by atoms with Crippen LogP contribution in [0.25, 0.3) is 0 Å². The molecule has 0 aliphatic carbocycles. The molecule has 1 fully saturated rings. The molecule has 2 rings (SSSR count). The van der Waals surface area contributed by atoms with Gasteiger partial charge in [0.05, 0.1) is 0 Å². The number of carboxylic acids is 1. The minimum atomic E-state index is -0.989. The lowest BCUT2D eigenvalue weighted by Gasteiger charge is -2.24. The van der Waals surface area contributed by atoms with Gasteiger partial charge in [-0.2, -0.15) is 0 Å². The van der Waals surface area contributed by atoms with Gasteiger partial charge in [-0.1, -0.05) is 29.8 Å². The summed E-state index contributed by atoms with van der Waals surface area (Å²) in [6.07, 6.45) is 5.88. The molecule has 1 unspecified atom stereocenters. The molecule has 2 atom stereocenters. The summed E-state index contributed by atoms with van der Waals surface area (Å²) in [5.74, 6) is 1.19. The highest BCUT2D eigenvalue weighted by atomic mass is 16.4. The first-order valence-corrected chi connectivity index (χ1v) is 6.55. The van der Waals surface area contributed by atoms with Gasteiger partial charge >= 0.3 is 5.97 Å². The zero-order chi connectivity index (χ0) is 14.7. The van der Waals surface area contributed by atoms with Crippen LogP contribution in [0.5, 0.6) is 0 Å². The Morgan fingerprint density at radius 1 is 1.50 bits per heavy atom. The van der Waals surface area contributed by atoms with E-state index in [4.69, 9.17) is 6.42 Å². The number of hydrogen-bond donors (Lipinski definition) is 1. The van der Waals surface area contributed by atoms with Gasteiger partial charge in [-0.3, -0.25) is 4.79 Å². The molecule has 1 aromatic rings. The maximum Gasteiger partial charge on any atom is 0.326 e. The van der Waals surface area contributed by atoms with Gasteiger partial charge in [0.2, 0.25) is 5.91 Å². The molecule has 1 aliphatic heterocycles. The third-order valence-corrected chi connectivity index (χ3v) is 3.61. The molecule has 1 saturated heterocycles. The summed E-state index contributed by atoms with van der Waals surface area (Å²) in [5.41, 5.74) is 2.02. The maximum atomic E-state index is 11.9. The van der Waals surface area contributed by atoms with Crippen molar-refractivity contribution < 1.29 is 14.7 Å². The van der Waals surface area contributed by atoms with Crippen molar-refractivity contribution in [1.29, 1.82) is 0 Å². The van der Waals surface area contributed by atoms with Crippen LogP contribution in [0.1, 0.15) is 17.5 Å². The molecule has 1 aromatic carbocycles. The van der Waals surface area contributed by atoms with Crippen LogP contribution in [0.2, 0.25) is 0 Å².